The molecule has 0 fully saturated rings. The van der Waals surface area contributed by atoms with Crippen molar-refractivity contribution < 1.29 is 20.1 Å². The first-order chi connectivity index (χ1) is 15.9. The SMILES string of the molecule is CCc1ccc(C(C=NC)NC(=O)C([NH3+])=CN(N)CCNC(=O)c2ccc(OC)nn2)cc1. The second kappa shape index (κ2) is 12.9. The quantitative estimate of drug-likeness (QED) is 0.155. The molecule has 11 nitrogen and oxygen atoms in total. The van der Waals surface area contributed by atoms with E-state index in [1.54, 1.807) is 19.3 Å². The molecule has 1 unspecified atom stereocenters. The van der Waals surface area contributed by atoms with Crippen molar-refractivity contribution in [2.75, 3.05) is 27.2 Å². The number of ether oxygens (including phenoxy) is 1. The highest BCUT2D eigenvalue weighted by molar-refractivity contribution is 5.93. The lowest BCUT2D eigenvalue weighted by molar-refractivity contribution is -0.300. The molecule has 0 bridgehead atoms. The number of aliphatic imine (C=N–C) groups is 1. The van der Waals surface area contributed by atoms with Gasteiger partial charge in [0.15, 0.2) is 5.69 Å². The lowest BCUT2D eigenvalue weighted by Gasteiger charge is -2.16. The van der Waals surface area contributed by atoms with Crippen LogP contribution >= 0.6 is 0 Å². The summed E-state index contributed by atoms with van der Waals surface area (Å²) in [7, 11) is 3.11. The lowest BCUT2D eigenvalue weighted by Crippen LogP contribution is -2.56. The Morgan fingerprint density at radius 1 is 1.24 bits per heavy atom. The number of hydrazine groups is 1. The van der Waals surface area contributed by atoms with E-state index in [-0.39, 0.29) is 30.4 Å². The van der Waals surface area contributed by atoms with E-state index in [0.29, 0.717) is 5.88 Å². The van der Waals surface area contributed by atoms with Gasteiger partial charge in [0.25, 0.3) is 5.91 Å². The van der Waals surface area contributed by atoms with Crippen LogP contribution in [0, 0.1) is 0 Å². The zero-order chi connectivity index (χ0) is 24.2. The first kappa shape index (κ1) is 25.4. The number of nitrogens with two attached hydrogens (primary N) is 1. The minimum atomic E-state index is -0.397. The van der Waals surface area contributed by atoms with Crippen molar-refractivity contribution in [1.82, 2.24) is 25.8 Å². The molecular weight excluding hydrogens is 424 g/mol. The third-order valence-corrected chi connectivity index (χ3v) is 4.68. The lowest BCUT2D eigenvalue weighted by atomic mass is 10.0. The number of nitrogens with one attached hydrogen (secondary N) is 2. The van der Waals surface area contributed by atoms with Gasteiger partial charge in [-0.3, -0.25) is 14.6 Å². The molecule has 0 aliphatic carbocycles. The van der Waals surface area contributed by atoms with E-state index in [9.17, 15) is 9.59 Å². The zero-order valence-electron chi connectivity index (χ0n) is 19.1. The van der Waals surface area contributed by atoms with E-state index in [2.05, 4.69) is 38.5 Å². The van der Waals surface area contributed by atoms with E-state index >= 15 is 0 Å². The third-order valence-electron chi connectivity index (χ3n) is 4.68. The van der Waals surface area contributed by atoms with E-state index in [4.69, 9.17) is 10.6 Å². The summed E-state index contributed by atoms with van der Waals surface area (Å²) in [5.41, 5.74) is 6.23. The van der Waals surface area contributed by atoms with E-state index in [1.165, 1.54) is 29.9 Å². The average molecular weight is 456 g/mol. The molecule has 0 saturated heterocycles. The first-order valence-corrected chi connectivity index (χ1v) is 10.4. The van der Waals surface area contributed by atoms with Crippen molar-refractivity contribution in [3.63, 3.8) is 0 Å². The van der Waals surface area contributed by atoms with Gasteiger partial charge in [0, 0.05) is 25.9 Å². The smallest absolute Gasteiger partial charge is 0.307 e. The number of nitrogens with zero attached hydrogens (tertiary/aromatic N) is 4. The van der Waals surface area contributed by atoms with Crippen LogP contribution in [0.5, 0.6) is 5.88 Å². The minimum absolute atomic E-state index is 0.155. The van der Waals surface area contributed by atoms with Crippen LogP contribution in [0.2, 0.25) is 0 Å². The molecule has 1 aromatic carbocycles. The topological polar surface area (TPSA) is 162 Å². The average Bonchev–Trinajstić information content (AvgIpc) is 2.83. The predicted molar refractivity (Wildman–Crippen MR) is 124 cm³/mol. The number of aryl methyl sites for hydroxylation is 1. The van der Waals surface area contributed by atoms with Crippen molar-refractivity contribution in [3.05, 3.63) is 65.1 Å². The van der Waals surface area contributed by atoms with Crippen LogP contribution in [0.3, 0.4) is 0 Å². The molecule has 2 amide bonds. The number of carbonyl (C=O) groups is 2. The molecule has 0 aliphatic heterocycles. The maximum absolute atomic E-state index is 12.6. The molecule has 1 atom stereocenters. The normalized spacial score (nSPS) is 12.3. The van der Waals surface area contributed by atoms with Crippen molar-refractivity contribution in [2.24, 2.45) is 10.8 Å². The van der Waals surface area contributed by atoms with Gasteiger partial charge in [0.1, 0.15) is 0 Å². The van der Waals surface area contributed by atoms with Gasteiger partial charge in [-0.25, -0.2) is 5.84 Å². The van der Waals surface area contributed by atoms with Crippen molar-refractivity contribution in [2.45, 2.75) is 19.4 Å². The maximum atomic E-state index is 12.6. The number of benzene rings is 1. The van der Waals surface area contributed by atoms with Gasteiger partial charge in [-0.2, -0.15) is 0 Å². The summed E-state index contributed by atoms with van der Waals surface area (Å²) in [6.07, 6.45) is 4.00. The number of methoxy groups -OCH3 is 1. The molecule has 11 heteroatoms. The van der Waals surface area contributed by atoms with Crippen LogP contribution in [0.15, 0.2) is 53.3 Å². The molecule has 0 spiro atoms. The van der Waals surface area contributed by atoms with Gasteiger partial charge in [0.05, 0.1) is 25.9 Å². The van der Waals surface area contributed by atoms with Gasteiger partial charge < -0.3 is 26.1 Å². The van der Waals surface area contributed by atoms with Gasteiger partial charge >= 0.3 is 5.91 Å². The van der Waals surface area contributed by atoms with Crippen molar-refractivity contribution in [3.8, 4) is 5.88 Å². The number of carbonyl (C=O) groups excluding carboxylic acids is 2. The largest absolute Gasteiger partial charge is 0.480 e. The maximum Gasteiger partial charge on any atom is 0.307 e. The minimum Gasteiger partial charge on any atom is -0.480 e. The molecule has 7 N–H and O–H groups in total. The molecule has 0 saturated carbocycles. The summed E-state index contributed by atoms with van der Waals surface area (Å²) in [5.74, 6) is 5.46. The van der Waals surface area contributed by atoms with Crippen molar-refractivity contribution >= 4 is 18.0 Å². The third kappa shape index (κ3) is 7.98. The number of hydrogen-bond acceptors (Lipinski definition) is 8. The fourth-order valence-electron chi connectivity index (χ4n) is 2.81. The van der Waals surface area contributed by atoms with Crippen LogP contribution in [-0.4, -0.2) is 60.5 Å². The number of rotatable bonds is 11. The molecule has 1 heterocycles. The first-order valence-electron chi connectivity index (χ1n) is 10.4. The number of hydrogen-bond donors (Lipinski definition) is 4. The van der Waals surface area contributed by atoms with E-state index in [0.717, 1.165) is 12.0 Å². The molecule has 2 rings (SSSR count). The standard InChI is InChI=1S/C22H30N8O3/c1-4-15-5-7-16(8-6-15)19(13-25-2)27-21(31)17(23)14-30(24)12-11-26-22(32)18-9-10-20(33-3)29-28-18/h5-10,13-14,19H,4,11-12,23-24H2,1-3H3,(H,26,32)(H,27,31)/p+1. The van der Waals surface area contributed by atoms with E-state index in [1.807, 2.05) is 24.3 Å². The molecule has 33 heavy (non-hydrogen) atoms. The Kier molecular flexibility index (Phi) is 9.93. The summed E-state index contributed by atoms with van der Waals surface area (Å²) in [5, 5.41) is 14.4. The summed E-state index contributed by atoms with van der Waals surface area (Å²) in [6, 6.07) is 10.6. The highest BCUT2D eigenvalue weighted by Gasteiger charge is 2.17. The van der Waals surface area contributed by atoms with Gasteiger partial charge in [-0.05, 0) is 23.6 Å². The monoisotopic (exact) mass is 455 g/mol. The Morgan fingerprint density at radius 2 is 1.97 bits per heavy atom. The van der Waals surface area contributed by atoms with Crippen LogP contribution in [0.25, 0.3) is 0 Å². The fraction of sp³-hybridized carbons (Fsp3) is 0.318. The van der Waals surface area contributed by atoms with Gasteiger partial charge in [-0.1, -0.05) is 31.2 Å². The molecule has 0 aliphatic rings. The Morgan fingerprint density at radius 3 is 2.55 bits per heavy atom. The van der Waals surface area contributed by atoms with Crippen LogP contribution in [-0.2, 0) is 11.2 Å². The summed E-state index contributed by atoms with van der Waals surface area (Å²) < 4.78 is 4.91. The molecule has 1 aromatic heterocycles. The van der Waals surface area contributed by atoms with Crippen LogP contribution in [0.4, 0.5) is 0 Å². The molecule has 176 valence electrons. The highest BCUT2D eigenvalue weighted by Crippen LogP contribution is 2.13. The summed E-state index contributed by atoms with van der Waals surface area (Å²) >= 11 is 0. The van der Waals surface area contributed by atoms with Crippen LogP contribution < -0.4 is 26.9 Å². The summed E-state index contributed by atoms with van der Waals surface area (Å²) in [6.45, 7) is 2.56. The Balaban J connectivity index is 1.88. The van der Waals surface area contributed by atoms with Gasteiger partial charge in [0.2, 0.25) is 11.6 Å². The Hall–Kier alpha value is -3.83. The Labute approximate surface area is 192 Å². The predicted octanol–water partition coefficient (Wildman–Crippen LogP) is -0.405. The van der Waals surface area contributed by atoms with E-state index < -0.39 is 11.9 Å². The van der Waals surface area contributed by atoms with Crippen molar-refractivity contribution in [1.29, 1.82) is 0 Å². The number of amides is 2. The van der Waals surface area contributed by atoms with Gasteiger partial charge in [-0.15, -0.1) is 10.2 Å². The second-order valence-electron chi connectivity index (χ2n) is 7.06. The Bertz CT molecular complexity index is 974. The number of quaternary nitrogens is 1. The zero-order valence-corrected chi connectivity index (χ0v) is 19.1. The fourth-order valence-corrected chi connectivity index (χ4v) is 2.81. The highest BCUT2D eigenvalue weighted by atomic mass is 16.5. The molecule has 2 aromatic rings. The van der Waals surface area contributed by atoms with Crippen LogP contribution in [0.1, 0.15) is 34.6 Å². The number of aromatic nitrogens is 2. The molecule has 0 radical (unpaired) electrons. The second-order valence-corrected chi connectivity index (χ2v) is 7.06. The molecular formula is C22H31N8O3+. The summed E-state index contributed by atoms with van der Waals surface area (Å²) in [4.78, 5) is 28.7.